The highest BCUT2D eigenvalue weighted by molar-refractivity contribution is 5.88. The van der Waals surface area contributed by atoms with Crippen LogP contribution >= 0.6 is 0 Å². The molecular weight excluding hydrogens is 380 g/mol. The molecule has 0 bridgehead atoms. The zero-order valence-corrected chi connectivity index (χ0v) is 16.7. The van der Waals surface area contributed by atoms with Crippen molar-refractivity contribution >= 4 is 16.9 Å². The lowest BCUT2D eigenvalue weighted by Crippen LogP contribution is -2.11. The predicted molar refractivity (Wildman–Crippen MR) is 115 cm³/mol. The molecule has 0 aliphatic heterocycles. The predicted octanol–water partition coefficient (Wildman–Crippen LogP) is 4.93. The molecule has 1 heterocycles. The van der Waals surface area contributed by atoms with Crippen LogP contribution < -0.4 is 15.1 Å². The van der Waals surface area contributed by atoms with Crippen molar-refractivity contribution in [2.45, 2.75) is 13.3 Å². The van der Waals surface area contributed by atoms with Gasteiger partial charge in [-0.2, -0.15) is 0 Å². The van der Waals surface area contributed by atoms with Gasteiger partial charge in [0.2, 0.25) is 0 Å². The molecule has 5 heteroatoms. The number of esters is 1. The van der Waals surface area contributed by atoms with Gasteiger partial charge < -0.3 is 13.9 Å². The van der Waals surface area contributed by atoms with Gasteiger partial charge in [0.25, 0.3) is 0 Å². The molecule has 0 saturated carbocycles. The molecule has 1 aromatic heterocycles. The number of ether oxygens (including phenoxy) is 2. The number of aryl methyl sites for hydroxylation is 1. The van der Waals surface area contributed by atoms with Gasteiger partial charge in [-0.25, -0.2) is 4.79 Å². The van der Waals surface area contributed by atoms with E-state index in [2.05, 4.69) is 0 Å². The molecule has 0 amide bonds. The molecule has 0 unspecified atom stereocenters. The Kier molecular flexibility index (Phi) is 5.35. The van der Waals surface area contributed by atoms with E-state index in [1.807, 2.05) is 49.4 Å². The minimum absolute atomic E-state index is 0.139. The molecule has 0 aliphatic rings. The van der Waals surface area contributed by atoms with E-state index in [1.165, 1.54) is 0 Å². The third kappa shape index (κ3) is 3.96. The zero-order valence-electron chi connectivity index (χ0n) is 16.7. The fraction of sp³-hybridized carbons (Fsp3) is 0.120. The second-order valence-corrected chi connectivity index (χ2v) is 6.91. The summed E-state index contributed by atoms with van der Waals surface area (Å²) in [6.07, 6.45) is 0.139. The Labute approximate surface area is 173 Å². The summed E-state index contributed by atoms with van der Waals surface area (Å²) in [4.78, 5) is 24.9. The van der Waals surface area contributed by atoms with Crippen LogP contribution in [-0.4, -0.2) is 13.1 Å². The van der Waals surface area contributed by atoms with E-state index in [1.54, 1.807) is 37.4 Å². The summed E-state index contributed by atoms with van der Waals surface area (Å²) < 4.78 is 16.1. The first-order valence-electron chi connectivity index (χ1n) is 9.51. The monoisotopic (exact) mass is 400 g/mol. The summed E-state index contributed by atoms with van der Waals surface area (Å²) in [5.41, 5.74) is 2.95. The number of carbonyl (C=O) groups is 1. The van der Waals surface area contributed by atoms with E-state index in [4.69, 9.17) is 13.9 Å². The molecule has 5 nitrogen and oxygen atoms in total. The van der Waals surface area contributed by atoms with Crippen LogP contribution in [0, 0.1) is 6.92 Å². The van der Waals surface area contributed by atoms with Gasteiger partial charge in [-0.3, -0.25) is 4.79 Å². The third-order valence-electron chi connectivity index (χ3n) is 4.94. The van der Waals surface area contributed by atoms with Crippen LogP contribution in [0.25, 0.3) is 22.1 Å². The van der Waals surface area contributed by atoms with Crippen LogP contribution in [-0.2, 0) is 11.2 Å². The summed E-state index contributed by atoms with van der Waals surface area (Å²) in [7, 11) is 1.59. The van der Waals surface area contributed by atoms with E-state index in [0.717, 1.165) is 27.8 Å². The maximum atomic E-state index is 12.5. The SMILES string of the molecule is COc1ccc(CC(=O)Oc2ccc3oc(=O)c(-c4ccccc4)c(C)c3c2)cc1. The van der Waals surface area contributed by atoms with Gasteiger partial charge in [0, 0.05) is 5.39 Å². The van der Waals surface area contributed by atoms with E-state index in [9.17, 15) is 9.59 Å². The van der Waals surface area contributed by atoms with Crippen LogP contribution in [0.3, 0.4) is 0 Å². The van der Waals surface area contributed by atoms with Crippen molar-refractivity contribution in [3.63, 3.8) is 0 Å². The number of fused-ring (bicyclic) bond motifs is 1. The molecule has 4 aromatic rings. The molecule has 0 saturated heterocycles. The van der Waals surface area contributed by atoms with Gasteiger partial charge in [-0.1, -0.05) is 42.5 Å². The van der Waals surface area contributed by atoms with Crippen LogP contribution in [0.2, 0.25) is 0 Å². The molecule has 0 spiro atoms. The molecule has 0 N–H and O–H groups in total. The number of hydrogen-bond donors (Lipinski definition) is 0. The Hall–Kier alpha value is -3.86. The Bertz CT molecular complexity index is 1250. The summed E-state index contributed by atoms with van der Waals surface area (Å²) in [5, 5.41) is 0.725. The summed E-state index contributed by atoms with van der Waals surface area (Å²) in [6.45, 7) is 1.87. The molecular formula is C25H20O5. The topological polar surface area (TPSA) is 65.7 Å². The van der Waals surface area contributed by atoms with Gasteiger partial charge in [0.05, 0.1) is 19.1 Å². The Morgan fingerprint density at radius 3 is 2.33 bits per heavy atom. The maximum Gasteiger partial charge on any atom is 0.344 e. The number of rotatable bonds is 5. The normalized spacial score (nSPS) is 10.7. The number of hydrogen-bond acceptors (Lipinski definition) is 5. The van der Waals surface area contributed by atoms with Crippen LogP contribution in [0.5, 0.6) is 11.5 Å². The molecule has 150 valence electrons. The van der Waals surface area contributed by atoms with Crippen LogP contribution in [0.1, 0.15) is 11.1 Å². The highest BCUT2D eigenvalue weighted by atomic mass is 16.5. The van der Waals surface area contributed by atoms with E-state index < -0.39 is 5.63 Å². The minimum Gasteiger partial charge on any atom is -0.497 e. The smallest absolute Gasteiger partial charge is 0.344 e. The zero-order chi connectivity index (χ0) is 21.1. The van der Waals surface area contributed by atoms with Crippen molar-refractivity contribution in [3.8, 4) is 22.6 Å². The Morgan fingerprint density at radius 1 is 0.933 bits per heavy atom. The fourth-order valence-electron chi connectivity index (χ4n) is 3.41. The largest absolute Gasteiger partial charge is 0.497 e. The average Bonchev–Trinajstić information content (AvgIpc) is 2.75. The molecule has 0 atom stereocenters. The van der Waals surface area contributed by atoms with Crippen molar-refractivity contribution in [3.05, 3.63) is 94.3 Å². The summed E-state index contributed by atoms with van der Waals surface area (Å²) in [6, 6.07) is 21.6. The first kappa shape index (κ1) is 19.5. The summed E-state index contributed by atoms with van der Waals surface area (Å²) in [5.74, 6) is 0.752. The van der Waals surface area contributed by atoms with Crippen LogP contribution in [0.15, 0.2) is 82.0 Å². The highest BCUT2D eigenvalue weighted by Crippen LogP contribution is 2.29. The lowest BCUT2D eigenvalue weighted by Gasteiger charge is -2.10. The standard InChI is InChI=1S/C25H20O5/c1-16-21-15-20(29-23(26)14-17-8-10-19(28-2)11-9-17)12-13-22(21)30-25(27)24(16)18-6-4-3-5-7-18/h3-13,15H,14H2,1-2H3. The van der Waals surface area contributed by atoms with Gasteiger partial charge >= 0.3 is 11.6 Å². The maximum absolute atomic E-state index is 12.5. The highest BCUT2D eigenvalue weighted by Gasteiger charge is 2.15. The number of benzene rings is 3. The first-order chi connectivity index (χ1) is 14.5. The van der Waals surface area contributed by atoms with E-state index in [-0.39, 0.29) is 12.4 Å². The minimum atomic E-state index is -0.393. The van der Waals surface area contributed by atoms with Crippen molar-refractivity contribution in [2.75, 3.05) is 7.11 Å². The van der Waals surface area contributed by atoms with Gasteiger partial charge in [-0.15, -0.1) is 0 Å². The Morgan fingerprint density at radius 2 is 1.63 bits per heavy atom. The lowest BCUT2D eigenvalue weighted by molar-refractivity contribution is -0.133. The molecule has 0 aliphatic carbocycles. The molecule has 3 aromatic carbocycles. The average molecular weight is 400 g/mol. The van der Waals surface area contributed by atoms with Gasteiger partial charge in [-0.05, 0) is 53.9 Å². The van der Waals surface area contributed by atoms with Crippen molar-refractivity contribution in [1.29, 1.82) is 0 Å². The van der Waals surface area contributed by atoms with Crippen molar-refractivity contribution in [1.82, 2.24) is 0 Å². The molecule has 4 rings (SSSR count). The molecule has 0 radical (unpaired) electrons. The number of carbonyl (C=O) groups excluding carboxylic acids is 1. The van der Waals surface area contributed by atoms with E-state index >= 15 is 0 Å². The van der Waals surface area contributed by atoms with Gasteiger partial charge in [0.15, 0.2) is 0 Å². The fourth-order valence-corrected chi connectivity index (χ4v) is 3.41. The van der Waals surface area contributed by atoms with E-state index in [0.29, 0.717) is 16.9 Å². The molecule has 30 heavy (non-hydrogen) atoms. The van der Waals surface area contributed by atoms with Crippen LogP contribution in [0.4, 0.5) is 0 Å². The number of methoxy groups -OCH3 is 1. The first-order valence-corrected chi connectivity index (χ1v) is 9.51. The third-order valence-corrected chi connectivity index (χ3v) is 4.94. The van der Waals surface area contributed by atoms with Gasteiger partial charge in [0.1, 0.15) is 17.1 Å². The second kappa shape index (κ2) is 8.25. The lowest BCUT2D eigenvalue weighted by atomic mass is 9.99. The summed E-state index contributed by atoms with van der Waals surface area (Å²) >= 11 is 0. The second-order valence-electron chi connectivity index (χ2n) is 6.91. The van der Waals surface area contributed by atoms with Crippen molar-refractivity contribution < 1.29 is 18.7 Å². The van der Waals surface area contributed by atoms with Crippen molar-refractivity contribution in [2.24, 2.45) is 0 Å². The molecule has 0 fully saturated rings. The quantitative estimate of drug-likeness (QED) is 0.270. The Balaban J connectivity index is 1.62.